The number of hydrogen-bond donors (Lipinski definition) is 1. The van der Waals surface area contributed by atoms with Crippen LogP contribution in [0.4, 0.5) is 4.39 Å². The van der Waals surface area contributed by atoms with Gasteiger partial charge in [0, 0.05) is 11.6 Å². The van der Waals surface area contributed by atoms with Crippen LogP contribution in [0.2, 0.25) is 0 Å². The lowest BCUT2D eigenvalue weighted by atomic mass is 9.89. The second-order valence-electron chi connectivity index (χ2n) is 9.59. The second kappa shape index (κ2) is 14.2. The minimum absolute atomic E-state index is 0. The van der Waals surface area contributed by atoms with Crippen molar-refractivity contribution in [3.8, 4) is 22.8 Å². The van der Waals surface area contributed by atoms with Crippen LogP contribution in [0.25, 0.3) is 11.1 Å². The number of nitrogens with one attached hydrogen (secondary N) is 1. The zero-order chi connectivity index (χ0) is 23.1. The molecule has 1 atom stereocenters. The molecule has 1 N–H and O–H groups in total. The number of halogens is 3. The highest BCUT2D eigenvalue weighted by Crippen LogP contribution is 2.33. The average Bonchev–Trinajstić information content (AvgIpc) is 2.85. The number of aryl methyl sites for hydroxylation is 1. The molecule has 1 saturated carbocycles. The maximum Gasteiger partial charge on any atom is 0.234 e. The monoisotopic (exact) mass is 527 g/mol. The van der Waals surface area contributed by atoms with Crippen molar-refractivity contribution in [2.24, 2.45) is 0 Å². The Morgan fingerprint density at radius 2 is 1.74 bits per heavy atom. The average molecular weight is 529 g/mol. The van der Waals surface area contributed by atoms with Crippen LogP contribution < -0.4 is 14.8 Å². The molecule has 35 heavy (non-hydrogen) atoms. The molecule has 1 aromatic heterocycles. The predicted molar refractivity (Wildman–Crippen MR) is 144 cm³/mol. The highest BCUT2D eigenvalue weighted by Gasteiger charge is 2.39. The van der Waals surface area contributed by atoms with Gasteiger partial charge < -0.3 is 14.8 Å². The van der Waals surface area contributed by atoms with Crippen LogP contribution in [-0.4, -0.2) is 41.2 Å². The highest BCUT2D eigenvalue weighted by atomic mass is 35.5. The lowest BCUT2D eigenvalue weighted by Crippen LogP contribution is -2.48. The number of alkyl halides is 1. The van der Waals surface area contributed by atoms with E-state index in [0.717, 1.165) is 54.7 Å². The summed E-state index contributed by atoms with van der Waals surface area (Å²) in [6.07, 6.45) is 9.75. The van der Waals surface area contributed by atoms with E-state index in [0.29, 0.717) is 37.9 Å². The van der Waals surface area contributed by atoms with Crippen molar-refractivity contribution in [1.29, 1.82) is 0 Å². The molecule has 1 saturated heterocycles. The van der Waals surface area contributed by atoms with E-state index in [1.165, 1.54) is 19.3 Å². The Morgan fingerprint density at radius 3 is 2.40 bits per heavy atom. The first kappa shape index (κ1) is 29.6. The van der Waals surface area contributed by atoms with Crippen molar-refractivity contribution in [2.75, 3.05) is 13.1 Å². The fourth-order valence-electron chi connectivity index (χ4n) is 4.86. The SMILES string of the molecule is CCCCc1nnc(OC(C)C2(F)CCNCC2)cc1-c1ccc(OC2CCCCC2)cc1.Cl.Cl. The number of unbranched alkanes of at least 4 members (excludes halogenated alkanes) is 1. The summed E-state index contributed by atoms with van der Waals surface area (Å²) < 4.78 is 27.5. The number of piperidine rings is 1. The fraction of sp³-hybridized carbons (Fsp3) is 0.630. The number of ether oxygens (including phenoxy) is 2. The van der Waals surface area contributed by atoms with E-state index < -0.39 is 11.8 Å². The third-order valence-electron chi connectivity index (χ3n) is 7.10. The molecule has 2 heterocycles. The molecule has 1 aromatic carbocycles. The second-order valence-corrected chi connectivity index (χ2v) is 9.59. The predicted octanol–water partition coefficient (Wildman–Crippen LogP) is 6.90. The Morgan fingerprint density at radius 1 is 1.06 bits per heavy atom. The Bertz CT molecular complexity index is 888. The molecule has 1 unspecified atom stereocenters. The van der Waals surface area contributed by atoms with E-state index in [4.69, 9.17) is 9.47 Å². The zero-order valence-electron chi connectivity index (χ0n) is 20.9. The van der Waals surface area contributed by atoms with Gasteiger partial charge in [0.1, 0.15) is 17.5 Å². The van der Waals surface area contributed by atoms with Gasteiger partial charge in [-0.25, -0.2) is 4.39 Å². The van der Waals surface area contributed by atoms with Gasteiger partial charge in [-0.15, -0.1) is 29.9 Å². The van der Waals surface area contributed by atoms with Gasteiger partial charge in [-0.2, -0.15) is 5.10 Å². The molecule has 5 nitrogen and oxygen atoms in total. The van der Waals surface area contributed by atoms with E-state index >= 15 is 4.39 Å². The van der Waals surface area contributed by atoms with Crippen molar-refractivity contribution < 1.29 is 13.9 Å². The van der Waals surface area contributed by atoms with E-state index in [-0.39, 0.29) is 24.8 Å². The standard InChI is InChI=1S/C27H38FN3O2.2ClH/c1-3-4-10-25-24(21-11-13-23(14-12-21)33-22-8-6-5-7-9-22)19-26(31-30-25)32-20(2)27(28)15-17-29-18-16-27;;/h11-14,19-20,22,29H,3-10,15-18H2,1-2H3;2*1H. The molecular formula is C27H40Cl2FN3O2. The molecule has 0 bridgehead atoms. The summed E-state index contributed by atoms with van der Waals surface area (Å²) in [5, 5.41) is 12.0. The highest BCUT2D eigenvalue weighted by molar-refractivity contribution is 5.85. The summed E-state index contributed by atoms with van der Waals surface area (Å²) >= 11 is 0. The molecular weight excluding hydrogens is 488 g/mol. The summed E-state index contributed by atoms with van der Waals surface area (Å²) in [5.74, 6) is 1.30. The first-order chi connectivity index (χ1) is 16.1. The van der Waals surface area contributed by atoms with Crippen LogP contribution >= 0.6 is 24.8 Å². The van der Waals surface area contributed by atoms with Gasteiger partial charge in [-0.1, -0.05) is 31.9 Å². The summed E-state index contributed by atoms with van der Waals surface area (Å²) in [4.78, 5) is 0. The van der Waals surface area contributed by atoms with Crippen LogP contribution in [0.1, 0.15) is 77.3 Å². The quantitative estimate of drug-likeness (QED) is 0.384. The third kappa shape index (κ3) is 7.93. The van der Waals surface area contributed by atoms with Crippen molar-refractivity contribution in [3.05, 3.63) is 36.0 Å². The molecule has 0 amide bonds. The smallest absolute Gasteiger partial charge is 0.234 e. The van der Waals surface area contributed by atoms with Crippen molar-refractivity contribution >= 4 is 24.8 Å². The lowest BCUT2D eigenvalue weighted by Gasteiger charge is -2.34. The Balaban J connectivity index is 0.00000216. The summed E-state index contributed by atoms with van der Waals surface area (Å²) in [6.45, 7) is 5.32. The number of nitrogens with zero attached hydrogens (tertiary/aromatic N) is 2. The third-order valence-corrected chi connectivity index (χ3v) is 7.10. The minimum Gasteiger partial charge on any atom is -0.490 e. The van der Waals surface area contributed by atoms with E-state index in [1.807, 2.05) is 18.2 Å². The molecule has 4 rings (SSSR count). The van der Waals surface area contributed by atoms with Gasteiger partial charge in [0.15, 0.2) is 0 Å². The maximum absolute atomic E-state index is 15.3. The van der Waals surface area contributed by atoms with Gasteiger partial charge in [0.05, 0.1) is 11.8 Å². The number of rotatable bonds is 9. The van der Waals surface area contributed by atoms with Crippen LogP contribution in [-0.2, 0) is 6.42 Å². The summed E-state index contributed by atoms with van der Waals surface area (Å²) in [7, 11) is 0. The van der Waals surface area contributed by atoms with Crippen LogP contribution in [0.15, 0.2) is 30.3 Å². The molecule has 2 aliphatic rings. The summed E-state index contributed by atoms with van der Waals surface area (Å²) in [5.41, 5.74) is 1.67. The van der Waals surface area contributed by atoms with Gasteiger partial charge in [0.25, 0.3) is 0 Å². The van der Waals surface area contributed by atoms with Crippen molar-refractivity contribution in [3.63, 3.8) is 0 Å². The van der Waals surface area contributed by atoms with Gasteiger partial charge in [-0.05, 0) is 89.1 Å². The van der Waals surface area contributed by atoms with Crippen molar-refractivity contribution in [2.45, 2.75) is 95.9 Å². The van der Waals surface area contributed by atoms with Gasteiger partial charge >= 0.3 is 0 Å². The normalized spacial score (nSPS) is 18.6. The summed E-state index contributed by atoms with van der Waals surface area (Å²) in [6, 6.07) is 10.2. The molecule has 0 radical (unpaired) electrons. The fourth-order valence-corrected chi connectivity index (χ4v) is 4.86. The molecule has 196 valence electrons. The molecule has 2 fully saturated rings. The maximum atomic E-state index is 15.3. The Kier molecular flexibility index (Phi) is 12.0. The first-order valence-corrected chi connectivity index (χ1v) is 12.8. The van der Waals surface area contributed by atoms with Gasteiger partial charge in [-0.3, -0.25) is 0 Å². The number of benzene rings is 1. The Hall–Kier alpha value is -1.63. The van der Waals surface area contributed by atoms with E-state index in [1.54, 1.807) is 6.92 Å². The molecule has 2 aromatic rings. The van der Waals surface area contributed by atoms with Crippen LogP contribution in [0.3, 0.4) is 0 Å². The van der Waals surface area contributed by atoms with Crippen LogP contribution in [0.5, 0.6) is 11.6 Å². The molecule has 0 spiro atoms. The van der Waals surface area contributed by atoms with E-state index in [2.05, 4.69) is 34.6 Å². The zero-order valence-corrected chi connectivity index (χ0v) is 22.6. The van der Waals surface area contributed by atoms with Gasteiger partial charge in [0.2, 0.25) is 5.88 Å². The largest absolute Gasteiger partial charge is 0.490 e. The van der Waals surface area contributed by atoms with Crippen molar-refractivity contribution in [1.82, 2.24) is 15.5 Å². The number of aromatic nitrogens is 2. The Labute approximate surface area is 221 Å². The number of hydrogen-bond acceptors (Lipinski definition) is 5. The molecule has 1 aliphatic heterocycles. The molecule has 8 heteroatoms. The first-order valence-electron chi connectivity index (χ1n) is 12.8. The van der Waals surface area contributed by atoms with E-state index in [9.17, 15) is 0 Å². The van der Waals surface area contributed by atoms with Crippen LogP contribution in [0, 0.1) is 0 Å². The topological polar surface area (TPSA) is 56.3 Å². The molecule has 1 aliphatic carbocycles. The minimum atomic E-state index is -1.34. The lowest BCUT2D eigenvalue weighted by molar-refractivity contribution is -0.00641.